The summed E-state index contributed by atoms with van der Waals surface area (Å²) >= 11 is 5.24. The van der Waals surface area contributed by atoms with E-state index in [2.05, 4.69) is 17.6 Å². The highest BCUT2D eigenvalue weighted by molar-refractivity contribution is 7.80. The minimum absolute atomic E-state index is 0.160. The molecule has 0 saturated carbocycles. The number of hydrogen-bond donors (Lipinski definition) is 2. The zero-order valence-corrected chi connectivity index (χ0v) is 12.5. The fraction of sp³-hybridized carbons (Fsp3) is 0.500. The molecule has 0 heterocycles. The van der Waals surface area contributed by atoms with E-state index in [1.54, 1.807) is 14.2 Å². The molecule has 5 heteroatoms. The molecule has 0 aliphatic carbocycles. The van der Waals surface area contributed by atoms with Crippen molar-refractivity contribution in [3.8, 4) is 5.75 Å². The lowest BCUT2D eigenvalue weighted by atomic mass is 10.1. The van der Waals surface area contributed by atoms with Gasteiger partial charge in [0, 0.05) is 20.3 Å². The average Bonchev–Trinajstić information content (AvgIpc) is 2.43. The van der Waals surface area contributed by atoms with Gasteiger partial charge < -0.3 is 20.1 Å². The summed E-state index contributed by atoms with van der Waals surface area (Å²) in [5, 5.41) is 7.07. The van der Waals surface area contributed by atoms with Crippen LogP contribution < -0.4 is 15.4 Å². The zero-order valence-electron chi connectivity index (χ0n) is 11.7. The minimum atomic E-state index is 0.160. The van der Waals surface area contributed by atoms with Gasteiger partial charge in [0.05, 0.1) is 13.2 Å². The number of nitrogens with one attached hydrogen (secondary N) is 2. The molecule has 4 nitrogen and oxygen atoms in total. The molecule has 1 aromatic carbocycles. The monoisotopic (exact) mass is 282 g/mol. The number of rotatable bonds is 7. The van der Waals surface area contributed by atoms with Gasteiger partial charge in [-0.05, 0) is 43.3 Å². The van der Waals surface area contributed by atoms with Crippen LogP contribution in [0.25, 0.3) is 0 Å². The first-order valence-corrected chi connectivity index (χ1v) is 6.75. The normalized spacial score (nSPS) is 11.7. The fourth-order valence-corrected chi connectivity index (χ4v) is 1.92. The Morgan fingerprint density at radius 1 is 1.26 bits per heavy atom. The van der Waals surface area contributed by atoms with Crippen LogP contribution in [0.15, 0.2) is 24.3 Å². The van der Waals surface area contributed by atoms with Crippen molar-refractivity contribution < 1.29 is 9.47 Å². The van der Waals surface area contributed by atoms with Crippen molar-refractivity contribution in [2.75, 3.05) is 27.4 Å². The molecule has 0 aliphatic heterocycles. The highest BCUT2D eigenvalue weighted by Crippen LogP contribution is 2.16. The molecular formula is C14H22N2O2S. The number of ether oxygens (including phenoxy) is 2. The maximum absolute atomic E-state index is 5.24. The lowest BCUT2D eigenvalue weighted by Gasteiger charge is -2.17. The highest BCUT2D eigenvalue weighted by atomic mass is 32.1. The van der Waals surface area contributed by atoms with E-state index < -0.39 is 0 Å². The molecule has 1 unspecified atom stereocenters. The Labute approximate surface area is 120 Å². The first kappa shape index (κ1) is 15.7. The summed E-state index contributed by atoms with van der Waals surface area (Å²) in [6.45, 7) is 3.63. The Balaban J connectivity index is 2.36. The Morgan fingerprint density at radius 3 is 2.53 bits per heavy atom. The maximum atomic E-state index is 5.24. The standard InChI is InChI=1S/C14H22N2O2S/c1-11(12-5-7-13(18-3)8-6-12)16-14(19)15-9-4-10-17-2/h5-8,11H,4,9-10H2,1-3H3,(H2,15,16,19). The summed E-state index contributed by atoms with van der Waals surface area (Å²) in [6, 6.07) is 8.12. The second kappa shape index (κ2) is 8.72. The van der Waals surface area contributed by atoms with Gasteiger partial charge in [0.25, 0.3) is 0 Å². The molecular weight excluding hydrogens is 260 g/mol. The van der Waals surface area contributed by atoms with Gasteiger partial charge in [-0.15, -0.1) is 0 Å². The molecule has 0 spiro atoms. The molecule has 1 aromatic rings. The zero-order chi connectivity index (χ0) is 14.1. The maximum Gasteiger partial charge on any atom is 0.166 e. The quantitative estimate of drug-likeness (QED) is 0.593. The third kappa shape index (κ3) is 5.89. The van der Waals surface area contributed by atoms with Crippen LogP contribution in [0.3, 0.4) is 0 Å². The number of thiocarbonyl (C=S) groups is 1. The van der Waals surface area contributed by atoms with Crippen molar-refractivity contribution in [2.45, 2.75) is 19.4 Å². The Bertz CT molecular complexity index is 382. The van der Waals surface area contributed by atoms with E-state index in [4.69, 9.17) is 21.7 Å². The van der Waals surface area contributed by atoms with E-state index in [1.165, 1.54) is 5.56 Å². The van der Waals surface area contributed by atoms with Crippen LogP contribution in [0.4, 0.5) is 0 Å². The number of methoxy groups -OCH3 is 2. The van der Waals surface area contributed by atoms with Crippen LogP contribution in [0.2, 0.25) is 0 Å². The van der Waals surface area contributed by atoms with Crippen molar-refractivity contribution >= 4 is 17.3 Å². The average molecular weight is 282 g/mol. The summed E-state index contributed by atoms with van der Waals surface area (Å²) in [5.41, 5.74) is 1.17. The summed E-state index contributed by atoms with van der Waals surface area (Å²) in [4.78, 5) is 0. The second-order valence-corrected chi connectivity index (χ2v) is 4.65. The van der Waals surface area contributed by atoms with Crippen LogP contribution in [0.5, 0.6) is 5.75 Å². The molecule has 0 aliphatic rings. The fourth-order valence-electron chi connectivity index (χ4n) is 1.64. The van der Waals surface area contributed by atoms with E-state index in [9.17, 15) is 0 Å². The van der Waals surface area contributed by atoms with E-state index in [-0.39, 0.29) is 6.04 Å². The number of benzene rings is 1. The van der Waals surface area contributed by atoms with Crippen molar-refractivity contribution in [1.82, 2.24) is 10.6 Å². The molecule has 19 heavy (non-hydrogen) atoms. The van der Waals surface area contributed by atoms with Gasteiger partial charge in [0.15, 0.2) is 5.11 Å². The summed E-state index contributed by atoms with van der Waals surface area (Å²) in [6.07, 6.45) is 0.940. The first-order valence-electron chi connectivity index (χ1n) is 6.34. The SMILES string of the molecule is COCCCNC(=S)NC(C)c1ccc(OC)cc1. The van der Waals surface area contributed by atoms with Crippen molar-refractivity contribution in [1.29, 1.82) is 0 Å². The Hall–Kier alpha value is -1.33. The van der Waals surface area contributed by atoms with Crippen LogP contribution in [0.1, 0.15) is 24.9 Å². The predicted molar refractivity (Wildman–Crippen MR) is 81.6 cm³/mol. The largest absolute Gasteiger partial charge is 0.497 e. The van der Waals surface area contributed by atoms with Crippen LogP contribution in [0, 0.1) is 0 Å². The van der Waals surface area contributed by atoms with Crippen molar-refractivity contribution in [3.05, 3.63) is 29.8 Å². The lowest BCUT2D eigenvalue weighted by Crippen LogP contribution is -2.37. The molecule has 0 aromatic heterocycles. The number of hydrogen-bond acceptors (Lipinski definition) is 3. The third-order valence-corrected chi connectivity index (χ3v) is 3.04. The van der Waals surface area contributed by atoms with Crippen LogP contribution in [-0.2, 0) is 4.74 Å². The smallest absolute Gasteiger partial charge is 0.166 e. The Kier molecular flexibility index (Phi) is 7.22. The van der Waals surface area contributed by atoms with E-state index >= 15 is 0 Å². The molecule has 2 N–H and O–H groups in total. The molecule has 1 rings (SSSR count). The molecule has 106 valence electrons. The van der Waals surface area contributed by atoms with E-state index in [0.29, 0.717) is 5.11 Å². The molecule has 0 bridgehead atoms. The summed E-state index contributed by atoms with van der Waals surface area (Å²) in [7, 11) is 3.36. The summed E-state index contributed by atoms with van der Waals surface area (Å²) in [5.74, 6) is 0.858. The van der Waals surface area contributed by atoms with Gasteiger partial charge in [0.1, 0.15) is 5.75 Å². The van der Waals surface area contributed by atoms with Crippen molar-refractivity contribution in [3.63, 3.8) is 0 Å². The van der Waals surface area contributed by atoms with Crippen molar-refractivity contribution in [2.24, 2.45) is 0 Å². The first-order chi connectivity index (χ1) is 9.17. The molecule has 0 radical (unpaired) electrons. The van der Waals surface area contributed by atoms with Gasteiger partial charge in [-0.3, -0.25) is 0 Å². The van der Waals surface area contributed by atoms with Gasteiger partial charge in [0.2, 0.25) is 0 Å². The van der Waals surface area contributed by atoms with E-state index in [0.717, 1.165) is 25.3 Å². The third-order valence-electron chi connectivity index (χ3n) is 2.77. The molecule has 0 amide bonds. The topological polar surface area (TPSA) is 42.5 Å². The lowest BCUT2D eigenvalue weighted by molar-refractivity contribution is 0.195. The molecule has 0 fully saturated rings. The second-order valence-electron chi connectivity index (χ2n) is 4.24. The van der Waals surface area contributed by atoms with E-state index in [1.807, 2.05) is 24.3 Å². The predicted octanol–water partition coefficient (Wildman–Crippen LogP) is 2.26. The van der Waals surface area contributed by atoms with Crippen LogP contribution in [-0.4, -0.2) is 32.5 Å². The highest BCUT2D eigenvalue weighted by Gasteiger charge is 2.06. The Morgan fingerprint density at radius 2 is 1.95 bits per heavy atom. The molecule has 1 atom stereocenters. The molecule has 0 saturated heterocycles. The summed E-state index contributed by atoms with van der Waals surface area (Å²) < 4.78 is 10.1. The van der Waals surface area contributed by atoms with Gasteiger partial charge in [-0.1, -0.05) is 12.1 Å². The van der Waals surface area contributed by atoms with Gasteiger partial charge in [-0.25, -0.2) is 0 Å². The van der Waals surface area contributed by atoms with Gasteiger partial charge >= 0.3 is 0 Å². The van der Waals surface area contributed by atoms with Crippen LogP contribution >= 0.6 is 12.2 Å². The van der Waals surface area contributed by atoms with Gasteiger partial charge in [-0.2, -0.15) is 0 Å². The minimum Gasteiger partial charge on any atom is -0.497 e.